The number of hydrogen-bond donors (Lipinski definition) is 0. The van der Waals surface area contributed by atoms with E-state index in [-0.39, 0.29) is 31.1 Å². The molecule has 0 saturated carbocycles. The van der Waals surface area contributed by atoms with Crippen molar-refractivity contribution in [2.24, 2.45) is 0 Å². The van der Waals surface area contributed by atoms with Crippen LogP contribution in [0.25, 0.3) is 0 Å². The summed E-state index contributed by atoms with van der Waals surface area (Å²) in [5.41, 5.74) is 0. The molecule has 6 nitrogen and oxygen atoms in total. The summed E-state index contributed by atoms with van der Waals surface area (Å²) in [4.78, 5) is 38.1. The van der Waals surface area contributed by atoms with Crippen molar-refractivity contribution in [2.45, 2.75) is 277 Å². The first kappa shape index (κ1) is 62.8. The second kappa shape index (κ2) is 54.5. The van der Waals surface area contributed by atoms with Gasteiger partial charge < -0.3 is 14.2 Å². The van der Waals surface area contributed by atoms with E-state index < -0.39 is 6.10 Å². The Kier molecular flexibility index (Phi) is 51.9. The summed E-state index contributed by atoms with van der Waals surface area (Å²) in [5.74, 6) is -0.912. The van der Waals surface area contributed by atoms with E-state index in [1.165, 1.54) is 135 Å². The molecule has 0 radical (unpaired) electrons. The predicted octanol–water partition coefficient (Wildman–Crippen LogP) is 18.6. The quantitative estimate of drug-likeness (QED) is 0.0262. The minimum atomic E-state index is -0.788. The van der Waals surface area contributed by atoms with Gasteiger partial charge in [0, 0.05) is 19.3 Å². The van der Waals surface area contributed by atoms with Crippen LogP contribution >= 0.6 is 0 Å². The Morgan fingerprint density at radius 2 is 0.561 bits per heavy atom. The van der Waals surface area contributed by atoms with Crippen LogP contribution in [0.2, 0.25) is 0 Å². The van der Waals surface area contributed by atoms with E-state index in [0.717, 1.165) is 96.3 Å². The second-order valence-electron chi connectivity index (χ2n) is 18.5. The Hall–Kier alpha value is -3.15. The molecule has 0 aliphatic heterocycles. The van der Waals surface area contributed by atoms with Crippen LogP contribution in [0.15, 0.2) is 72.9 Å². The lowest BCUT2D eigenvalue weighted by Crippen LogP contribution is -2.30. The summed E-state index contributed by atoms with van der Waals surface area (Å²) in [6, 6.07) is 0. The molecule has 0 aromatic rings. The molecule has 380 valence electrons. The standard InChI is InChI=1S/C60H104O6/c1-4-7-10-13-16-19-22-24-26-28-30-32-33-35-38-41-44-47-50-53-59(62)65-56-57(55-64-58(61)52-49-46-43-40-37-21-18-15-12-9-6-3)66-60(63)54-51-48-45-42-39-36-34-31-29-27-25-23-20-17-14-11-8-5-2/h15-16,18-20,23-24,26-27,29-30,32,57H,4-14,17,21-22,25,28,31,33-56H2,1-3H3/b18-15-,19-16-,23-20-,26-24-,29-27-,32-30-. The van der Waals surface area contributed by atoms with E-state index in [0.29, 0.717) is 19.3 Å². The molecule has 0 heterocycles. The molecule has 0 aromatic heterocycles. The summed E-state index contributed by atoms with van der Waals surface area (Å²) in [5, 5.41) is 0. The van der Waals surface area contributed by atoms with Crippen LogP contribution in [0.4, 0.5) is 0 Å². The highest BCUT2D eigenvalue weighted by Gasteiger charge is 2.19. The number of carbonyl (C=O) groups is 3. The molecule has 0 aliphatic carbocycles. The van der Waals surface area contributed by atoms with Gasteiger partial charge in [0.2, 0.25) is 0 Å². The molecule has 0 amide bonds. The summed E-state index contributed by atoms with van der Waals surface area (Å²) in [7, 11) is 0. The van der Waals surface area contributed by atoms with Crippen LogP contribution in [0.3, 0.4) is 0 Å². The van der Waals surface area contributed by atoms with E-state index >= 15 is 0 Å². The van der Waals surface area contributed by atoms with Crippen molar-refractivity contribution in [3.05, 3.63) is 72.9 Å². The largest absolute Gasteiger partial charge is 0.462 e. The molecular formula is C60H104O6. The second-order valence-corrected chi connectivity index (χ2v) is 18.5. The summed E-state index contributed by atoms with van der Waals surface area (Å²) < 4.78 is 16.8. The van der Waals surface area contributed by atoms with Crippen molar-refractivity contribution in [3.8, 4) is 0 Å². The summed E-state index contributed by atoms with van der Waals surface area (Å²) in [6.45, 7) is 6.54. The third-order valence-electron chi connectivity index (χ3n) is 11.9. The highest BCUT2D eigenvalue weighted by molar-refractivity contribution is 5.71. The van der Waals surface area contributed by atoms with Gasteiger partial charge in [-0.15, -0.1) is 0 Å². The number of ether oxygens (including phenoxy) is 3. The van der Waals surface area contributed by atoms with Crippen molar-refractivity contribution in [1.29, 1.82) is 0 Å². The molecule has 1 unspecified atom stereocenters. The zero-order valence-electron chi connectivity index (χ0n) is 43.4. The average Bonchev–Trinajstić information content (AvgIpc) is 3.31. The maximum Gasteiger partial charge on any atom is 0.306 e. The van der Waals surface area contributed by atoms with Crippen LogP contribution in [0, 0.1) is 0 Å². The number of hydrogen-bond acceptors (Lipinski definition) is 6. The molecule has 66 heavy (non-hydrogen) atoms. The van der Waals surface area contributed by atoms with Gasteiger partial charge in [0.1, 0.15) is 13.2 Å². The lowest BCUT2D eigenvalue weighted by atomic mass is 10.1. The maximum absolute atomic E-state index is 12.8. The van der Waals surface area contributed by atoms with Gasteiger partial charge in [0.15, 0.2) is 6.10 Å². The normalized spacial score (nSPS) is 12.6. The topological polar surface area (TPSA) is 78.9 Å². The fourth-order valence-corrected chi connectivity index (χ4v) is 7.64. The number of allylic oxidation sites excluding steroid dienone is 12. The Morgan fingerprint density at radius 3 is 0.939 bits per heavy atom. The van der Waals surface area contributed by atoms with Crippen molar-refractivity contribution in [2.75, 3.05) is 13.2 Å². The zero-order valence-corrected chi connectivity index (χ0v) is 43.4. The lowest BCUT2D eigenvalue weighted by Gasteiger charge is -2.18. The lowest BCUT2D eigenvalue weighted by molar-refractivity contribution is -0.167. The van der Waals surface area contributed by atoms with E-state index in [4.69, 9.17) is 14.2 Å². The highest BCUT2D eigenvalue weighted by atomic mass is 16.6. The van der Waals surface area contributed by atoms with Gasteiger partial charge in [-0.1, -0.05) is 216 Å². The maximum atomic E-state index is 12.8. The fourth-order valence-electron chi connectivity index (χ4n) is 7.64. The van der Waals surface area contributed by atoms with Gasteiger partial charge in [-0.3, -0.25) is 14.4 Å². The van der Waals surface area contributed by atoms with Crippen molar-refractivity contribution >= 4 is 17.9 Å². The Bertz CT molecular complexity index is 1240. The Morgan fingerprint density at radius 1 is 0.303 bits per heavy atom. The minimum Gasteiger partial charge on any atom is -0.462 e. The molecule has 0 aromatic carbocycles. The smallest absolute Gasteiger partial charge is 0.306 e. The molecule has 0 saturated heterocycles. The van der Waals surface area contributed by atoms with Crippen molar-refractivity contribution < 1.29 is 28.6 Å². The van der Waals surface area contributed by atoms with Gasteiger partial charge in [0.05, 0.1) is 0 Å². The van der Waals surface area contributed by atoms with Crippen LogP contribution in [-0.4, -0.2) is 37.2 Å². The molecule has 0 aliphatic rings. The first-order valence-corrected chi connectivity index (χ1v) is 27.9. The molecule has 6 heteroatoms. The van der Waals surface area contributed by atoms with Crippen LogP contribution in [0.5, 0.6) is 0 Å². The average molecular weight is 921 g/mol. The molecule has 0 spiro atoms. The van der Waals surface area contributed by atoms with Crippen LogP contribution < -0.4 is 0 Å². The summed E-state index contributed by atoms with van der Waals surface area (Å²) >= 11 is 0. The minimum absolute atomic E-state index is 0.0873. The number of unbranched alkanes of at least 4 members (excludes halogenated alkanes) is 27. The summed E-state index contributed by atoms with van der Waals surface area (Å²) in [6.07, 6.45) is 68.8. The number of esters is 3. The molecule has 0 bridgehead atoms. The Labute approximate surface area is 408 Å². The monoisotopic (exact) mass is 921 g/mol. The zero-order chi connectivity index (χ0) is 47.9. The molecule has 0 rings (SSSR count). The Balaban J connectivity index is 4.39. The third-order valence-corrected chi connectivity index (χ3v) is 11.9. The van der Waals surface area contributed by atoms with E-state index in [1.807, 2.05) is 0 Å². The van der Waals surface area contributed by atoms with Gasteiger partial charge in [-0.05, 0) is 109 Å². The third kappa shape index (κ3) is 51.8. The van der Waals surface area contributed by atoms with Crippen LogP contribution in [0.1, 0.15) is 271 Å². The highest BCUT2D eigenvalue weighted by Crippen LogP contribution is 2.14. The van der Waals surface area contributed by atoms with E-state index in [1.54, 1.807) is 0 Å². The van der Waals surface area contributed by atoms with Gasteiger partial charge >= 0.3 is 17.9 Å². The van der Waals surface area contributed by atoms with Gasteiger partial charge in [0.25, 0.3) is 0 Å². The number of carbonyl (C=O) groups excluding carboxylic acids is 3. The molecule has 0 N–H and O–H groups in total. The molecule has 0 fully saturated rings. The first-order chi connectivity index (χ1) is 32.5. The van der Waals surface area contributed by atoms with E-state index in [9.17, 15) is 14.4 Å². The predicted molar refractivity (Wildman–Crippen MR) is 284 cm³/mol. The van der Waals surface area contributed by atoms with E-state index in [2.05, 4.69) is 93.7 Å². The van der Waals surface area contributed by atoms with Crippen molar-refractivity contribution in [1.82, 2.24) is 0 Å². The van der Waals surface area contributed by atoms with Gasteiger partial charge in [-0.25, -0.2) is 0 Å². The fraction of sp³-hybridized carbons (Fsp3) is 0.750. The van der Waals surface area contributed by atoms with Crippen molar-refractivity contribution in [3.63, 3.8) is 0 Å². The van der Waals surface area contributed by atoms with Crippen LogP contribution in [-0.2, 0) is 28.6 Å². The SMILES string of the molecule is CCCC/C=C\CCCCCCCC(=O)OCC(COC(=O)CCCCCCCC/C=C\C/C=C\C/C=C\CCCCC)OC(=O)CCCCCCCCC/C=C\C/C=C\CCCCCC. The first-order valence-electron chi connectivity index (χ1n) is 27.9. The molecular weight excluding hydrogens is 817 g/mol. The van der Waals surface area contributed by atoms with Gasteiger partial charge in [-0.2, -0.15) is 0 Å². The number of rotatable bonds is 50. The molecule has 1 atom stereocenters.